The second kappa shape index (κ2) is 6.11. The van der Waals surface area contributed by atoms with Crippen molar-refractivity contribution in [1.82, 2.24) is 15.2 Å². The highest BCUT2D eigenvalue weighted by atomic mass is 16.2. The fourth-order valence-corrected chi connectivity index (χ4v) is 2.17. The van der Waals surface area contributed by atoms with Crippen molar-refractivity contribution in [2.24, 2.45) is 5.92 Å². The third kappa shape index (κ3) is 3.15. The molecule has 0 unspecified atom stereocenters. The van der Waals surface area contributed by atoms with Gasteiger partial charge in [0, 0.05) is 5.92 Å². The lowest BCUT2D eigenvalue weighted by atomic mass is 10.0. The second-order valence-electron chi connectivity index (χ2n) is 5.32. The van der Waals surface area contributed by atoms with Crippen LogP contribution in [0.15, 0.2) is 10.9 Å². The maximum absolute atomic E-state index is 11.8. The van der Waals surface area contributed by atoms with Crippen molar-refractivity contribution in [3.05, 3.63) is 22.0 Å². The summed E-state index contributed by atoms with van der Waals surface area (Å²) in [4.78, 5) is 27.8. The molecule has 0 atom stereocenters. The first-order valence-electron chi connectivity index (χ1n) is 7.48. The molecule has 1 amide bonds. The number of H-pyrrole nitrogens is 2. The molecule has 1 fully saturated rings. The SMILES string of the molecule is CC.CC(C)c1cc(NC(=O)C2CC2)nc2[nH][nH]c(=O)c12. The van der Waals surface area contributed by atoms with Gasteiger partial charge in [0.25, 0.3) is 5.56 Å². The number of carbonyl (C=O) groups is 1. The molecule has 0 aliphatic heterocycles. The topological polar surface area (TPSA) is 90.6 Å². The minimum absolute atomic E-state index is 0.0134. The van der Waals surface area contributed by atoms with Crippen molar-refractivity contribution in [3.63, 3.8) is 0 Å². The fraction of sp³-hybridized carbons (Fsp3) is 0.533. The number of aromatic amines is 2. The Hall–Kier alpha value is -2.11. The predicted octanol–water partition coefficient (Wildman–Crippen LogP) is 2.75. The number of rotatable bonds is 3. The number of anilines is 1. The third-order valence-electron chi connectivity index (χ3n) is 3.39. The number of hydrogen-bond acceptors (Lipinski definition) is 3. The molecule has 2 aromatic rings. The van der Waals surface area contributed by atoms with Gasteiger partial charge in [0.15, 0.2) is 5.65 Å². The first-order valence-corrected chi connectivity index (χ1v) is 7.48. The van der Waals surface area contributed by atoms with Crippen molar-refractivity contribution >= 4 is 22.8 Å². The normalized spacial score (nSPS) is 14.0. The van der Waals surface area contributed by atoms with E-state index in [2.05, 4.69) is 20.5 Å². The Morgan fingerprint density at radius 1 is 1.33 bits per heavy atom. The monoisotopic (exact) mass is 290 g/mol. The number of amides is 1. The first kappa shape index (κ1) is 15.3. The Bertz CT molecular complexity index is 695. The van der Waals surface area contributed by atoms with Crippen molar-refractivity contribution in [2.75, 3.05) is 5.32 Å². The predicted molar refractivity (Wildman–Crippen MR) is 83.5 cm³/mol. The Kier molecular flexibility index (Phi) is 4.45. The van der Waals surface area contributed by atoms with Crippen molar-refractivity contribution in [2.45, 2.75) is 46.5 Å². The van der Waals surface area contributed by atoms with Crippen LogP contribution in [0.5, 0.6) is 0 Å². The van der Waals surface area contributed by atoms with Crippen molar-refractivity contribution < 1.29 is 4.79 Å². The van der Waals surface area contributed by atoms with Gasteiger partial charge in [0.05, 0.1) is 5.39 Å². The van der Waals surface area contributed by atoms with Gasteiger partial charge in [-0.05, 0) is 30.4 Å². The van der Waals surface area contributed by atoms with E-state index in [9.17, 15) is 9.59 Å². The summed E-state index contributed by atoms with van der Waals surface area (Å²) in [7, 11) is 0. The zero-order valence-electron chi connectivity index (χ0n) is 12.9. The number of hydrogen-bond donors (Lipinski definition) is 3. The average molecular weight is 290 g/mol. The van der Waals surface area contributed by atoms with Gasteiger partial charge in [0.1, 0.15) is 5.82 Å². The van der Waals surface area contributed by atoms with Crippen LogP contribution in [0.1, 0.15) is 52.0 Å². The van der Waals surface area contributed by atoms with Crippen LogP contribution in [0.25, 0.3) is 11.0 Å². The van der Waals surface area contributed by atoms with Crippen molar-refractivity contribution in [1.29, 1.82) is 0 Å². The van der Waals surface area contributed by atoms with E-state index in [1.165, 1.54) is 0 Å². The zero-order valence-corrected chi connectivity index (χ0v) is 12.9. The minimum Gasteiger partial charge on any atom is -0.310 e. The maximum atomic E-state index is 11.8. The maximum Gasteiger partial charge on any atom is 0.273 e. The number of aromatic nitrogens is 3. The molecular weight excluding hydrogens is 268 g/mol. The molecule has 2 heterocycles. The lowest BCUT2D eigenvalue weighted by molar-refractivity contribution is -0.117. The molecule has 6 nitrogen and oxygen atoms in total. The molecule has 1 aliphatic carbocycles. The van der Waals surface area contributed by atoms with Gasteiger partial charge < -0.3 is 5.32 Å². The number of nitrogens with zero attached hydrogens (tertiary/aromatic N) is 1. The molecule has 1 aliphatic rings. The molecule has 0 bridgehead atoms. The smallest absolute Gasteiger partial charge is 0.273 e. The molecule has 0 aromatic carbocycles. The molecule has 0 radical (unpaired) electrons. The number of nitrogens with one attached hydrogen (secondary N) is 3. The van der Waals surface area contributed by atoms with Crippen LogP contribution in [-0.2, 0) is 4.79 Å². The van der Waals surface area contributed by atoms with Gasteiger partial charge >= 0.3 is 0 Å². The number of carbonyl (C=O) groups excluding carboxylic acids is 1. The van der Waals surface area contributed by atoms with Gasteiger partial charge in [-0.1, -0.05) is 27.7 Å². The third-order valence-corrected chi connectivity index (χ3v) is 3.39. The molecule has 21 heavy (non-hydrogen) atoms. The summed E-state index contributed by atoms with van der Waals surface area (Å²) >= 11 is 0. The Morgan fingerprint density at radius 3 is 2.57 bits per heavy atom. The molecule has 3 rings (SSSR count). The molecule has 1 saturated carbocycles. The molecule has 0 spiro atoms. The Morgan fingerprint density at radius 2 is 2.00 bits per heavy atom. The van der Waals surface area contributed by atoms with Crippen LogP contribution < -0.4 is 10.9 Å². The summed E-state index contributed by atoms with van der Waals surface area (Å²) in [6.07, 6.45) is 1.90. The summed E-state index contributed by atoms with van der Waals surface area (Å²) in [6, 6.07) is 1.79. The van der Waals surface area contributed by atoms with Gasteiger partial charge in [-0.3, -0.25) is 19.8 Å². The van der Waals surface area contributed by atoms with Crippen LogP contribution in [0.3, 0.4) is 0 Å². The summed E-state index contributed by atoms with van der Waals surface area (Å²) in [5, 5.41) is 8.66. The van der Waals surface area contributed by atoms with Crippen LogP contribution >= 0.6 is 0 Å². The molecule has 2 aromatic heterocycles. The van der Waals surface area contributed by atoms with E-state index in [1.54, 1.807) is 6.07 Å². The Labute approximate surface area is 123 Å². The van der Waals surface area contributed by atoms with E-state index in [1.807, 2.05) is 27.7 Å². The largest absolute Gasteiger partial charge is 0.310 e. The lowest BCUT2D eigenvalue weighted by Gasteiger charge is -2.09. The molecule has 114 valence electrons. The van der Waals surface area contributed by atoms with E-state index in [0.29, 0.717) is 16.9 Å². The summed E-state index contributed by atoms with van der Waals surface area (Å²) in [6.45, 7) is 8.02. The summed E-state index contributed by atoms with van der Waals surface area (Å²) in [5.74, 6) is 0.826. The van der Waals surface area contributed by atoms with Crippen LogP contribution in [-0.4, -0.2) is 21.1 Å². The second-order valence-corrected chi connectivity index (χ2v) is 5.32. The van der Waals surface area contributed by atoms with Crippen LogP contribution in [0.4, 0.5) is 5.82 Å². The van der Waals surface area contributed by atoms with E-state index in [4.69, 9.17) is 0 Å². The van der Waals surface area contributed by atoms with Gasteiger partial charge in [-0.25, -0.2) is 4.98 Å². The highest BCUT2D eigenvalue weighted by Gasteiger charge is 2.30. The van der Waals surface area contributed by atoms with Crippen molar-refractivity contribution in [3.8, 4) is 0 Å². The van der Waals surface area contributed by atoms with Gasteiger partial charge in [-0.2, -0.15) is 0 Å². The lowest BCUT2D eigenvalue weighted by Crippen LogP contribution is -2.15. The standard InChI is InChI=1S/C13H16N4O2.C2H6/c1-6(2)8-5-9(15-12(18)7-3-4-7)14-11-10(8)13(19)17-16-11;1-2/h5-7H,3-4H2,1-2H3,(H3,14,15,16,17,18,19);1-2H3. The highest BCUT2D eigenvalue weighted by molar-refractivity contribution is 5.94. The zero-order chi connectivity index (χ0) is 15.6. The van der Waals surface area contributed by atoms with E-state index >= 15 is 0 Å². The molecule has 0 saturated heterocycles. The number of pyridine rings is 1. The average Bonchev–Trinajstić information content (AvgIpc) is 3.25. The quantitative estimate of drug-likeness (QED) is 0.811. The molecular formula is C15H22N4O2. The first-order chi connectivity index (χ1) is 10.1. The molecule has 3 N–H and O–H groups in total. The van der Waals surface area contributed by atoms with E-state index in [-0.39, 0.29) is 23.3 Å². The minimum atomic E-state index is -0.175. The summed E-state index contributed by atoms with van der Waals surface area (Å²) < 4.78 is 0. The van der Waals surface area contributed by atoms with Crippen LogP contribution in [0, 0.1) is 5.92 Å². The number of fused-ring (bicyclic) bond motifs is 1. The van der Waals surface area contributed by atoms with Gasteiger partial charge in [-0.15, -0.1) is 0 Å². The highest BCUT2D eigenvalue weighted by Crippen LogP contribution is 2.30. The fourth-order valence-electron chi connectivity index (χ4n) is 2.17. The van der Waals surface area contributed by atoms with Gasteiger partial charge in [0.2, 0.25) is 5.91 Å². The van der Waals surface area contributed by atoms with Crippen LogP contribution in [0.2, 0.25) is 0 Å². The summed E-state index contributed by atoms with van der Waals surface area (Å²) in [5.41, 5.74) is 1.20. The van der Waals surface area contributed by atoms with E-state index in [0.717, 1.165) is 18.4 Å². The van der Waals surface area contributed by atoms with E-state index < -0.39 is 0 Å². The Balaban J connectivity index is 0.000000774. The molecule has 6 heteroatoms.